The van der Waals surface area contributed by atoms with E-state index in [1.54, 1.807) is 0 Å². The summed E-state index contributed by atoms with van der Waals surface area (Å²) in [7, 11) is 0. The molecule has 0 nitrogen and oxygen atoms in total. The standard InChI is InChI=1S/C29H28F2/c1-2-3-4-5-6-7-21-10-15-26-24(18-21)13-14-25-19-22(11-16-27(25)26)8-9-23-12-17-28(30)29(31)20-23/h10-12,15-20H,2-7,13-14H2,1H3. The second kappa shape index (κ2) is 9.92. The van der Waals surface area contributed by atoms with Gasteiger partial charge in [-0.3, -0.25) is 0 Å². The topological polar surface area (TPSA) is 0 Å². The molecule has 0 radical (unpaired) electrons. The second-order valence-electron chi connectivity index (χ2n) is 8.41. The van der Waals surface area contributed by atoms with Crippen molar-refractivity contribution in [2.45, 2.75) is 58.3 Å². The first-order valence-corrected chi connectivity index (χ1v) is 11.4. The Hall–Kier alpha value is -2.92. The highest BCUT2D eigenvalue weighted by molar-refractivity contribution is 5.74. The molecule has 0 bridgehead atoms. The minimum atomic E-state index is -0.867. The Morgan fingerprint density at radius 2 is 1.32 bits per heavy atom. The Bertz CT molecular complexity index is 1130. The van der Waals surface area contributed by atoms with E-state index >= 15 is 0 Å². The number of benzene rings is 3. The van der Waals surface area contributed by atoms with Crippen molar-refractivity contribution in [3.05, 3.63) is 94.0 Å². The molecule has 4 rings (SSSR count). The van der Waals surface area contributed by atoms with Crippen LogP contribution in [0.5, 0.6) is 0 Å². The molecular weight excluding hydrogens is 386 g/mol. The molecule has 0 amide bonds. The van der Waals surface area contributed by atoms with Crippen LogP contribution in [0.15, 0.2) is 54.6 Å². The highest BCUT2D eigenvalue weighted by atomic mass is 19.2. The van der Waals surface area contributed by atoms with Gasteiger partial charge in [0.05, 0.1) is 0 Å². The Kier molecular flexibility index (Phi) is 6.82. The average Bonchev–Trinajstić information content (AvgIpc) is 2.79. The summed E-state index contributed by atoms with van der Waals surface area (Å²) in [5.74, 6) is 4.31. The second-order valence-corrected chi connectivity index (χ2v) is 8.41. The summed E-state index contributed by atoms with van der Waals surface area (Å²) >= 11 is 0. The van der Waals surface area contributed by atoms with E-state index in [9.17, 15) is 8.78 Å². The molecule has 158 valence electrons. The van der Waals surface area contributed by atoms with Gasteiger partial charge in [0.1, 0.15) is 0 Å². The third-order valence-corrected chi connectivity index (χ3v) is 6.07. The highest BCUT2D eigenvalue weighted by Gasteiger charge is 2.16. The molecule has 31 heavy (non-hydrogen) atoms. The van der Waals surface area contributed by atoms with Crippen molar-refractivity contribution in [1.82, 2.24) is 0 Å². The summed E-state index contributed by atoms with van der Waals surface area (Å²) in [4.78, 5) is 0. The first-order valence-electron chi connectivity index (χ1n) is 11.4. The zero-order valence-electron chi connectivity index (χ0n) is 18.1. The van der Waals surface area contributed by atoms with E-state index in [0.29, 0.717) is 5.56 Å². The van der Waals surface area contributed by atoms with Crippen LogP contribution in [-0.2, 0) is 19.3 Å². The Balaban J connectivity index is 1.48. The molecule has 1 aliphatic carbocycles. The Labute approximate surface area is 184 Å². The molecule has 0 saturated carbocycles. The summed E-state index contributed by atoms with van der Waals surface area (Å²) in [6.45, 7) is 2.25. The molecule has 0 N–H and O–H groups in total. The van der Waals surface area contributed by atoms with E-state index in [1.165, 1.54) is 72.4 Å². The fourth-order valence-corrected chi connectivity index (χ4v) is 4.33. The fourth-order valence-electron chi connectivity index (χ4n) is 4.33. The van der Waals surface area contributed by atoms with Gasteiger partial charge < -0.3 is 0 Å². The van der Waals surface area contributed by atoms with Crippen LogP contribution in [0, 0.1) is 23.5 Å². The highest BCUT2D eigenvalue weighted by Crippen LogP contribution is 2.34. The molecule has 0 aromatic heterocycles. The summed E-state index contributed by atoms with van der Waals surface area (Å²) in [6, 6.07) is 17.0. The SMILES string of the molecule is CCCCCCCc1ccc2c(c1)CCc1cc(C#Cc3ccc(F)c(F)c3)ccc1-2. The number of aryl methyl sites for hydroxylation is 3. The van der Waals surface area contributed by atoms with E-state index in [2.05, 4.69) is 49.1 Å². The van der Waals surface area contributed by atoms with E-state index in [4.69, 9.17) is 0 Å². The lowest BCUT2D eigenvalue weighted by Crippen LogP contribution is -2.05. The van der Waals surface area contributed by atoms with E-state index < -0.39 is 11.6 Å². The number of rotatable bonds is 6. The van der Waals surface area contributed by atoms with Crippen LogP contribution in [-0.4, -0.2) is 0 Å². The first-order chi connectivity index (χ1) is 15.1. The maximum Gasteiger partial charge on any atom is 0.160 e. The normalized spacial score (nSPS) is 12.0. The minimum absolute atomic E-state index is 0.476. The zero-order chi connectivity index (χ0) is 21.6. The van der Waals surface area contributed by atoms with Crippen molar-refractivity contribution in [3.8, 4) is 23.0 Å². The maximum absolute atomic E-state index is 13.4. The van der Waals surface area contributed by atoms with Gasteiger partial charge in [-0.2, -0.15) is 0 Å². The molecule has 0 aliphatic heterocycles. The first kappa shape index (κ1) is 21.3. The molecule has 0 heterocycles. The molecular formula is C29H28F2. The summed E-state index contributed by atoms with van der Waals surface area (Å²) < 4.78 is 26.5. The van der Waals surface area contributed by atoms with Crippen LogP contribution in [0.1, 0.15) is 66.8 Å². The van der Waals surface area contributed by atoms with Crippen LogP contribution < -0.4 is 0 Å². The molecule has 2 heteroatoms. The monoisotopic (exact) mass is 414 g/mol. The zero-order valence-corrected chi connectivity index (χ0v) is 18.1. The van der Waals surface area contributed by atoms with Crippen LogP contribution in [0.3, 0.4) is 0 Å². The predicted octanol–water partition coefficient (Wildman–Crippen LogP) is 7.64. The van der Waals surface area contributed by atoms with Gasteiger partial charge in [0.2, 0.25) is 0 Å². The molecule has 3 aromatic carbocycles. The number of hydrogen-bond donors (Lipinski definition) is 0. The fraction of sp³-hybridized carbons (Fsp3) is 0.310. The third kappa shape index (κ3) is 5.23. The van der Waals surface area contributed by atoms with Crippen molar-refractivity contribution < 1.29 is 8.78 Å². The van der Waals surface area contributed by atoms with E-state index in [-0.39, 0.29) is 0 Å². The molecule has 1 aliphatic rings. The molecule has 3 aromatic rings. The molecule has 0 unspecified atom stereocenters. The number of unbranched alkanes of at least 4 members (excludes halogenated alkanes) is 4. The lowest BCUT2D eigenvalue weighted by Gasteiger charge is -2.21. The number of hydrogen-bond acceptors (Lipinski definition) is 0. The van der Waals surface area contributed by atoms with Gasteiger partial charge >= 0.3 is 0 Å². The Morgan fingerprint density at radius 3 is 2.06 bits per heavy atom. The smallest absolute Gasteiger partial charge is 0.160 e. The van der Waals surface area contributed by atoms with Crippen molar-refractivity contribution >= 4 is 0 Å². The van der Waals surface area contributed by atoms with Crippen LogP contribution in [0.2, 0.25) is 0 Å². The number of halogens is 2. The molecule has 0 atom stereocenters. The van der Waals surface area contributed by atoms with Crippen molar-refractivity contribution in [3.63, 3.8) is 0 Å². The Morgan fingerprint density at radius 1 is 0.677 bits per heavy atom. The summed E-state index contributed by atoms with van der Waals surface area (Å²) in [5, 5.41) is 0. The van der Waals surface area contributed by atoms with Crippen molar-refractivity contribution in [2.24, 2.45) is 0 Å². The molecule has 0 fully saturated rings. The van der Waals surface area contributed by atoms with Gasteiger partial charge in [-0.05, 0) is 83.8 Å². The van der Waals surface area contributed by atoms with Gasteiger partial charge in [0, 0.05) is 11.1 Å². The average molecular weight is 415 g/mol. The van der Waals surface area contributed by atoms with E-state index in [0.717, 1.165) is 30.5 Å². The number of fused-ring (bicyclic) bond motifs is 3. The van der Waals surface area contributed by atoms with Crippen LogP contribution >= 0.6 is 0 Å². The summed E-state index contributed by atoms with van der Waals surface area (Å²) in [6.07, 6.45) is 9.79. The van der Waals surface area contributed by atoms with Crippen LogP contribution in [0.25, 0.3) is 11.1 Å². The van der Waals surface area contributed by atoms with Gasteiger partial charge in [-0.25, -0.2) is 8.78 Å². The molecule has 0 spiro atoms. The molecule has 0 saturated heterocycles. The largest absolute Gasteiger partial charge is 0.204 e. The van der Waals surface area contributed by atoms with Crippen molar-refractivity contribution in [2.75, 3.05) is 0 Å². The summed E-state index contributed by atoms with van der Waals surface area (Å²) in [5.41, 5.74) is 8.19. The quantitative estimate of drug-likeness (QED) is 0.287. The lowest BCUT2D eigenvalue weighted by atomic mass is 9.83. The maximum atomic E-state index is 13.4. The van der Waals surface area contributed by atoms with Crippen molar-refractivity contribution in [1.29, 1.82) is 0 Å². The van der Waals surface area contributed by atoms with Gasteiger partial charge in [0.25, 0.3) is 0 Å². The lowest BCUT2D eigenvalue weighted by molar-refractivity contribution is 0.508. The van der Waals surface area contributed by atoms with Crippen LogP contribution in [0.4, 0.5) is 8.78 Å². The van der Waals surface area contributed by atoms with E-state index in [1.807, 2.05) is 6.07 Å². The predicted molar refractivity (Wildman–Crippen MR) is 124 cm³/mol. The minimum Gasteiger partial charge on any atom is -0.204 e. The van der Waals surface area contributed by atoms with Gasteiger partial charge in [-0.15, -0.1) is 0 Å². The van der Waals surface area contributed by atoms with Gasteiger partial charge in [0.15, 0.2) is 11.6 Å². The van der Waals surface area contributed by atoms with Gasteiger partial charge in [-0.1, -0.05) is 68.7 Å². The third-order valence-electron chi connectivity index (χ3n) is 6.07.